The smallest absolute Gasteiger partial charge is 0.329 e. The van der Waals surface area contributed by atoms with Crippen molar-refractivity contribution in [2.24, 2.45) is 5.92 Å². The maximum atomic E-state index is 13.1. The van der Waals surface area contributed by atoms with Gasteiger partial charge in [0.15, 0.2) is 10.8 Å². The van der Waals surface area contributed by atoms with E-state index in [2.05, 4.69) is 27.9 Å². The van der Waals surface area contributed by atoms with Crippen molar-refractivity contribution in [3.63, 3.8) is 0 Å². The molecule has 3 amide bonds. The van der Waals surface area contributed by atoms with E-state index in [-0.39, 0.29) is 41.3 Å². The molecular formula is C29H42N4O7S. The van der Waals surface area contributed by atoms with Crippen LogP contribution in [0.4, 0.5) is 0 Å². The summed E-state index contributed by atoms with van der Waals surface area (Å²) < 4.78 is 10.9. The highest BCUT2D eigenvalue weighted by Crippen LogP contribution is 2.15. The third-order valence-corrected chi connectivity index (χ3v) is 7.21. The number of hydrogen-bond donors (Lipinski definition) is 3. The largest absolute Gasteiger partial charge is 0.456 e. The van der Waals surface area contributed by atoms with Crippen LogP contribution >= 0.6 is 11.8 Å². The van der Waals surface area contributed by atoms with Crippen LogP contribution in [0.2, 0.25) is 0 Å². The number of rotatable bonds is 11. The summed E-state index contributed by atoms with van der Waals surface area (Å²) in [7, 11) is 0. The molecule has 1 aromatic heterocycles. The molecule has 2 heterocycles. The van der Waals surface area contributed by atoms with E-state index in [9.17, 15) is 24.0 Å². The van der Waals surface area contributed by atoms with Crippen LogP contribution in [0.15, 0.2) is 34.6 Å². The van der Waals surface area contributed by atoms with E-state index in [1.54, 1.807) is 32.9 Å². The number of oxazole rings is 1. The molecule has 1 aromatic rings. The molecule has 12 heteroatoms. The molecular weight excluding hydrogens is 548 g/mol. The number of carbonyl (C=O) groups excluding carboxylic acids is 5. The van der Waals surface area contributed by atoms with E-state index in [0.717, 1.165) is 25.5 Å². The van der Waals surface area contributed by atoms with E-state index in [4.69, 9.17) is 9.15 Å². The second kappa shape index (κ2) is 18.1. The molecule has 0 aromatic carbocycles. The third kappa shape index (κ3) is 12.3. The van der Waals surface area contributed by atoms with E-state index >= 15 is 0 Å². The zero-order chi connectivity index (χ0) is 30.2. The fourth-order valence-corrected chi connectivity index (χ4v) is 4.66. The molecule has 2 rings (SSSR count). The summed E-state index contributed by atoms with van der Waals surface area (Å²) in [5, 5.41) is 7.88. The summed E-state index contributed by atoms with van der Waals surface area (Å²) in [4.78, 5) is 67.4. The number of hydrogen-bond acceptors (Lipinski definition) is 9. The van der Waals surface area contributed by atoms with E-state index in [1.807, 2.05) is 0 Å². The molecule has 41 heavy (non-hydrogen) atoms. The minimum Gasteiger partial charge on any atom is -0.456 e. The average molecular weight is 591 g/mol. The molecule has 0 saturated carbocycles. The Labute approximate surface area is 245 Å². The van der Waals surface area contributed by atoms with Gasteiger partial charge in [0.05, 0.1) is 13.0 Å². The quantitative estimate of drug-likeness (QED) is 0.150. The minimum absolute atomic E-state index is 0.0668. The topological polar surface area (TPSA) is 157 Å². The second-order valence-corrected chi connectivity index (χ2v) is 11.2. The molecule has 0 fully saturated rings. The van der Waals surface area contributed by atoms with Gasteiger partial charge in [0.1, 0.15) is 24.1 Å². The lowest BCUT2D eigenvalue weighted by molar-refractivity contribution is -0.153. The van der Waals surface area contributed by atoms with Gasteiger partial charge in [-0.1, -0.05) is 70.4 Å². The van der Waals surface area contributed by atoms with Gasteiger partial charge in [0.25, 0.3) is 11.8 Å². The predicted octanol–water partition coefficient (Wildman–Crippen LogP) is 3.95. The molecule has 0 saturated heterocycles. The summed E-state index contributed by atoms with van der Waals surface area (Å²) >= 11 is 1.28. The van der Waals surface area contributed by atoms with Crippen molar-refractivity contribution >= 4 is 40.6 Å². The Balaban J connectivity index is 2.09. The van der Waals surface area contributed by atoms with Crippen molar-refractivity contribution < 1.29 is 33.1 Å². The highest BCUT2D eigenvalue weighted by molar-refractivity contribution is 8.13. The number of amides is 3. The Morgan fingerprint density at radius 1 is 1.15 bits per heavy atom. The molecule has 2 bridgehead atoms. The van der Waals surface area contributed by atoms with E-state index in [0.29, 0.717) is 18.6 Å². The SMILES string of the molecule is CC=C1NC(=O)c2coc(n2)CNC(=O)C[C@@H](C=CCCSC(=O)CCCCCCC)OC(=O)[C@H](C(C)C)NC1=O. The summed E-state index contributed by atoms with van der Waals surface area (Å²) in [5.74, 6) is -2.18. The van der Waals surface area contributed by atoms with Crippen LogP contribution in [0.1, 0.15) is 95.4 Å². The summed E-state index contributed by atoms with van der Waals surface area (Å²) in [6.07, 6.45) is 11.4. The zero-order valence-corrected chi connectivity index (χ0v) is 25.1. The monoisotopic (exact) mass is 590 g/mol. The van der Waals surface area contributed by atoms with Crippen LogP contribution in [0.25, 0.3) is 0 Å². The van der Waals surface area contributed by atoms with Gasteiger partial charge in [-0.2, -0.15) is 0 Å². The van der Waals surface area contributed by atoms with Crippen LogP contribution < -0.4 is 16.0 Å². The number of allylic oxidation sites excluding steroid dienone is 2. The Morgan fingerprint density at radius 2 is 1.90 bits per heavy atom. The van der Waals surface area contributed by atoms with Gasteiger partial charge in [-0.25, -0.2) is 9.78 Å². The van der Waals surface area contributed by atoms with Gasteiger partial charge >= 0.3 is 5.97 Å². The Kier molecular flexibility index (Phi) is 14.9. The van der Waals surface area contributed by atoms with Crippen LogP contribution in [-0.2, 0) is 30.5 Å². The minimum atomic E-state index is -1.04. The van der Waals surface area contributed by atoms with Crippen molar-refractivity contribution in [3.8, 4) is 0 Å². The first-order valence-electron chi connectivity index (χ1n) is 14.2. The normalized spacial score (nSPS) is 20.2. The van der Waals surface area contributed by atoms with Crippen LogP contribution in [-0.4, -0.2) is 51.7 Å². The molecule has 0 spiro atoms. The maximum Gasteiger partial charge on any atom is 0.329 e. The van der Waals surface area contributed by atoms with Crippen molar-refractivity contribution in [2.75, 3.05) is 5.75 Å². The average Bonchev–Trinajstić information content (AvgIpc) is 3.41. The highest BCUT2D eigenvalue weighted by atomic mass is 32.2. The number of nitrogens with zero attached hydrogens (tertiary/aromatic N) is 1. The molecule has 1 aliphatic heterocycles. The first-order valence-corrected chi connectivity index (χ1v) is 15.2. The predicted molar refractivity (Wildman–Crippen MR) is 155 cm³/mol. The van der Waals surface area contributed by atoms with Gasteiger partial charge in [-0.15, -0.1) is 0 Å². The van der Waals surface area contributed by atoms with E-state index < -0.39 is 35.8 Å². The number of nitrogens with one attached hydrogen (secondary N) is 3. The highest BCUT2D eigenvalue weighted by Gasteiger charge is 2.30. The Hall–Kier alpha value is -3.41. The van der Waals surface area contributed by atoms with Crippen LogP contribution in [0, 0.1) is 5.92 Å². The van der Waals surface area contributed by atoms with Crippen LogP contribution in [0.5, 0.6) is 0 Å². The molecule has 226 valence electrons. The number of esters is 1. The molecule has 0 unspecified atom stereocenters. The lowest BCUT2D eigenvalue weighted by Gasteiger charge is -2.24. The lowest BCUT2D eigenvalue weighted by atomic mass is 10.0. The number of thioether (sulfide) groups is 1. The molecule has 1 aliphatic rings. The fraction of sp³-hybridized carbons (Fsp3) is 0.586. The molecule has 0 radical (unpaired) electrons. The van der Waals surface area contributed by atoms with E-state index in [1.165, 1.54) is 30.7 Å². The number of aromatic nitrogens is 1. The second-order valence-electron chi connectivity index (χ2n) is 10.0. The van der Waals surface area contributed by atoms with Crippen LogP contribution in [0.3, 0.4) is 0 Å². The van der Waals surface area contributed by atoms with Crippen molar-refractivity contribution in [1.29, 1.82) is 0 Å². The first-order chi connectivity index (χ1) is 19.6. The molecule has 2 atom stereocenters. The summed E-state index contributed by atoms with van der Waals surface area (Å²) in [6, 6.07) is -1.04. The standard InChI is InChI=1S/C29H42N4O7S/c1-5-7-8-9-10-14-25(35)41-15-12-11-13-20-16-23(34)30-17-24-31-22(18-39-24)28(37)32-21(6-2)27(36)33-26(19(3)4)29(38)40-20/h6,11,13,18-20,26H,5,7-10,12,14-17H2,1-4H3,(H,30,34)(H,32,37)(H,33,36)/t20-,26+/m1/s1. The number of ether oxygens (including phenoxy) is 1. The van der Waals surface area contributed by atoms with Gasteiger partial charge < -0.3 is 25.1 Å². The van der Waals surface area contributed by atoms with Gasteiger partial charge in [-0.05, 0) is 31.8 Å². The number of carbonyl (C=O) groups is 5. The Morgan fingerprint density at radius 3 is 2.61 bits per heavy atom. The third-order valence-electron chi connectivity index (χ3n) is 6.25. The van der Waals surface area contributed by atoms with Gasteiger partial charge in [0.2, 0.25) is 11.8 Å². The lowest BCUT2D eigenvalue weighted by Crippen LogP contribution is -2.48. The van der Waals surface area contributed by atoms with Crippen molar-refractivity contribution in [1.82, 2.24) is 20.9 Å². The zero-order valence-electron chi connectivity index (χ0n) is 24.3. The van der Waals surface area contributed by atoms with Crippen molar-refractivity contribution in [3.05, 3.63) is 41.8 Å². The first kappa shape index (κ1) is 33.8. The summed E-state index contributed by atoms with van der Waals surface area (Å²) in [6.45, 7) is 7.12. The van der Waals surface area contributed by atoms with Gasteiger partial charge in [-0.3, -0.25) is 19.2 Å². The molecule has 0 aliphatic carbocycles. The fourth-order valence-electron chi connectivity index (χ4n) is 3.89. The number of unbranched alkanes of at least 4 members (excludes halogenated alkanes) is 4. The number of cyclic esters (lactones) is 1. The Bertz CT molecular complexity index is 1110. The van der Waals surface area contributed by atoms with Crippen molar-refractivity contribution in [2.45, 2.75) is 97.8 Å². The maximum absolute atomic E-state index is 13.1. The molecule has 3 N–H and O–H groups in total. The van der Waals surface area contributed by atoms with Gasteiger partial charge in [0, 0.05) is 12.2 Å². The summed E-state index contributed by atoms with van der Waals surface area (Å²) in [5.41, 5.74) is -0.134. The number of fused-ring (bicyclic) bond motifs is 2. The molecule has 11 nitrogen and oxygen atoms in total.